The van der Waals surface area contributed by atoms with Crippen LogP contribution in [0.15, 0.2) is 77.5 Å². The molecule has 0 aliphatic carbocycles. The van der Waals surface area contributed by atoms with E-state index in [1.165, 1.54) is 0 Å². The number of carbonyl (C=O) groups is 1. The molecule has 1 amide bonds. The summed E-state index contributed by atoms with van der Waals surface area (Å²) in [5.41, 5.74) is 3.43. The van der Waals surface area contributed by atoms with Crippen molar-refractivity contribution < 1.29 is 4.79 Å². The molecule has 0 radical (unpaired) electrons. The molecule has 1 fully saturated rings. The van der Waals surface area contributed by atoms with Crippen LogP contribution in [0.2, 0.25) is 0 Å². The number of benzene rings is 2. The quantitative estimate of drug-likeness (QED) is 0.601. The molecule has 0 spiro atoms. The van der Waals surface area contributed by atoms with Crippen molar-refractivity contribution in [3.05, 3.63) is 88.7 Å². The normalized spacial score (nSPS) is 17.2. The van der Waals surface area contributed by atoms with E-state index in [2.05, 4.69) is 63.2 Å². The lowest BCUT2D eigenvalue weighted by atomic mass is 10.2. The maximum absolute atomic E-state index is 12.4. The van der Waals surface area contributed by atoms with Gasteiger partial charge in [-0.15, -0.1) is 11.8 Å². The van der Waals surface area contributed by atoms with Crippen LogP contribution in [0.25, 0.3) is 5.69 Å². The number of aromatic nitrogens is 1. The van der Waals surface area contributed by atoms with E-state index in [1.54, 1.807) is 11.8 Å². The van der Waals surface area contributed by atoms with E-state index in [1.807, 2.05) is 35.2 Å². The standard InChI is InChI=1S/C20H17BrN2OS/c21-17-6-8-18(9-7-17)22-11-10-16(13-22)20-23(19(24)14-25-20)12-15-4-2-1-3-5-15/h1-11,13,20H,12,14H2. The van der Waals surface area contributed by atoms with Crippen LogP contribution in [0.5, 0.6) is 0 Å². The van der Waals surface area contributed by atoms with Crippen LogP contribution < -0.4 is 0 Å². The zero-order valence-electron chi connectivity index (χ0n) is 13.5. The molecule has 3 nitrogen and oxygen atoms in total. The molecule has 2 aromatic carbocycles. The Bertz CT molecular complexity index is 876. The maximum Gasteiger partial charge on any atom is 0.234 e. The van der Waals surface area contributed by atoms with E-state index in [0.29, 0.717) is 12.3 Å². The van der Waals surface area contributed by atoms with Gasteiger partial charge in [-0.25, -0.2) is 0 Å². The number of carbonyl (C=O) groups excluding carboxylic acids is 1. The van der Waals surface area contributed by atoms with Gasteiger partial charge in [0.1, 0.15) is 5.37 Å². The Morgan fingerprint density at radius 3 is 2.56 bits per heavy atom. The molecule has 5 heteroatoms. The fourth-order valence-corrected chi connectivity index (χ4v) is 4.45. The van der Waals surface area contributed by atoms with Crippen LogP contribution in [0.1, 0.15) is 16.5 Å². The molecule has 0 N–H and O–H groups in total. The number of thioether (sulfide) groups is 1. The molecule has 1 aliphatic heterocycles. The van der Waals surface area contributed by atoms with Crippen molar-refractivity contribution in [2.75, 3.05) is 5.75 Å². The van der Waals surface area contributed by atoms with Crippen LogP contribution in [-0.2, 0) is 11.3 Å². The van der Waals surface area contributed by atoms with E-state index in [-0.39, 0.29) is 11.3 Å². The molecule has 2 heterocycles. The zero-order chi connectivity index (χ0) is 17.2. The topological polar surface area (TPSA) is 25.2 Å². The fraction of sp³-hybridized carbons (Fsp3) is 0.150. The first-order valence-corrected chi connectivity index (χ1v) is 9.94. The van der Waals surface area contributed by atoms with Crippen molar-refractivity contribution in [2.24, 2.45) is 0 Å². The van der Waals surface area contributed by atoms with Gasteiger partial charge in [-0.05, 0) is 35.9 Å². The van der Waals surface area contributed by atoms with Crippen molar-refractivity contribution in [3.63, 3.8) is 0 Å². The number of halogens is 1. The molecular weight excluding hydrogens is 396 g/mol. The Morgan fingerprint density at radius 1 is 1.04 bits per heavy atom. The second kappa shape index (κ2) is 7.10. The van der Waals surface area contributed by atoms with Gasteiger partial charge < -0.3 is 9.47 Å². The fourth-order valence-electron chi connectivity index (χ4n) is 3.01. The smallest absolute Gasteiger partial charge is 0.234 e. The third-order valence-electron chi connectivity index (χ3n) is 4.29. The van der Waals surface area contributed by atoms with Crippen LogP contribution in [0.4, 0.5) is 0 Å². The minimum absolute atomic E-state index is 0.0735. The van der Waals surface area contributed by atoms with Gasteiger partial charge in [-0.2, -0.15) is 0 Å². The molecule has 25 heavy (non-hydrogen) atoms. The van der Waals surface area contributed by atoms with Gasteiger partial charge in [0.25, 0.3) is 0 Å². The lowest BCUT2D eigenvalue weighted by Gasteiger charge is -2.23. The van der Waals surface area contributed by atoms with E-state index in [0.717, 1.165) is 21.3 Å². The third-order valence-corrected chi connectivity index (χ3v) is 6.07. The van der Waals surface area contributed by atoms with Crippen molar-refractivity contribution in [1.29, 1.82) is 0 Å². The van der Waals surface area contributed by atoms with E-state index in [4.69, 9.17) is 0 Å². The van der Waals surface area contributed by atoms with Gasteiger partial charge in [0, 0.05) is 34.7 Å². The second-order valence-electron chi connectivity index (χ2n) is 6.00. The molecule has 4 rings (SSSR count). The highest BCUT2D eigenvalue weighted by molar-refractivity contribution is 9.10. The van der Waals surface area contributed by atoms with E-state index < -0.39 is 0 Å². The number of amides is 1. The number of rotatable bonds is 4. The van der Waals surface area contributed by atoms with Crippen molar-refractivity contribution >= 4 is 33.6 Å². The lowest BCUT2D eigenvalue weighted by Crippen LogP contribution is -2.27. The number of hydrogen-bond acceptors (Lipinski definition) is 2. The van der Waals surface area contributed by atoms with Crippen LogP contribution in [0.3, 0.4) is 0 Å². The first-order valence-electron chi connectivity index (χ1n) is 8.09. The van der Waals surface area contributed by atoms with Crippen LogP contribution >= 0.6 is 27.7 Å². The highest BCUT2D eigenvalue weighted by Crippen LogP contribution is 2.40. The third kappa shape index (κ3) is 3.53. The monoisotopic (exact) mass is 412 g/mol. The Hall–Kier alpha value is -1.98. The van der Waals surface area contributed by atoms with Gasteiger partial charge >= 0.3 is 0 Å². The lowest BCUT2D eigenvalue weighted by molar-refractivity contribution is -0.128. The second-order valence-corrected chi connectivity index (χ2v) is 7.98. The summed E-state index contributed by atoms with van der Waals surface area (Å²) in [4.78, 5) is 14.3. The number of nitrogens with zero attached hydrogens (tertiary/aromatic N) is 2. The average Bonchev–Trinajstić information content (AvgIpc) is 3.24. The van der Waals surface area contributed by atoms with Gasteiger partial charge in [-0.1, -0.05) is 46.3 Å². The molecule has 126 valence electrons. The van der Waals surface area contributed by atoms with Crippen LogP contribution in [0, 0.1) is 0 Å². The summed E-state index contributed by atoms with van der Waals surface area (Å²) in [7, 11) is 0. The minimum atomic E-state index is 0.0735. The molecule has 1 saturated heterocycles. The zero-order valence-corrected chi connectivity index (χ0v) is 15.9. The molecule has 1 atom stereocenters. The predicted molar refractivity (Wildman–Crippen MR) is 106 cm³/mol. The van der Waals surface area contributed by atoms with Crippen molar-refractivity contribution in [3.8, 4) is 5.69 Å². The summed E-state index contributed by atoms with van der Waals surface area (Å²) < 4.78 is 3.17. The highest BCUT2D eigenvalue weighted by Gasteiger charge is 2.33. The average molecular weight is 413 g/mol. The van der Waals surface area contributed by atoms with Gasteiger partial charge in [-0.3, -0.25) is 4.79 Å². The molecule has 3 aromatic rings. The SMILES string of the molecule is O=C1CSC(c2ccn(-c3ccc(Br)cc3)c2)N1Cc1ccccc1. The Morgan fingerprint density at radius 2 is 1.80 bits per heavy atom. The van der Waals surface area contributed by atoms with Gasteiger partial charge in [0.05, 0.1) is 5.75 Å². The summed E-state index contributed by atoms with van der Waals surface area (Å²) >= 11 is 5.16. The minimum Gasteiger partial charge on any atom is -0.323 e. The van der Waals surface area contributed by atoms with Crippen molar-refractivity contribution in [2.45, 2.75) is 11.9 Å². The summed E-state index contributed by atoms with van der Waals surface area (Å²) in [6.07, 6.45) is 4.18. The summed E-state index contributed by atoms with van der Waals surface area (Å²) in [5.74, 6) is 0.747. The first-order chi connectivity index (χ1) is 12.2. The van der Waals surface area contributed by atoms with Gasteiger partial charge in [0.15, 0.2) is 0 Å². The van der Waals surface area contributed by atoms with E-state index >= 15 is 0 Å². The van der Waals surface area contributed by atoms with Crippen LogP contribution in [-0.4, -0.2) is 21.1 Å². The Kier molecular flexibility index (Phi) is 4.68. The highest BCUT2D eigenvalue weighted by atomic mass is 79.9. The molecular formula is C20H17BrN2OS. The molecule has 1 aliphatic rings. The summed E-state index contributed by atoms with van der Waals surface area (Å²) in [5, 5.41) is 0.0735. The maximum atomic E-state index is 12.4. The number of hydrogen-bond donors (Lipinski definition) is 0. The van der Waals surface area contributed by atoms with Crippen molar-refractivity contribution in [1.82, 2.24) is 9.47 Å². The molecule has 1 unspecified atom stereocenters. The molecule has 0 bridgehead atoms. The van der Waals surface area contributed by atoms with Gasteiger partial charge in [0.2, 0.25) is 5.91 Å². The predicted octanol–water partition coefficient (Wildman–Crippen LogP) is 5.01. The summed E-state index contributed by atoms with van der Waals surface area (Å²) in [6.45, 7) is 0.654. The Balaban J connectivity index is 1.58. The molecule has 0 saturated carbocycles. The first kappa shape index (κ1) is 16.5. The summed E-state index contributed by atoms with van der Waals surface area (Å²) in [6, 6.07) is 20.5. The van der Waals surface area contributed by atoms with E-state index in [9.17, 15) is 4.79 Å². The largest absolute Gasteiger partial charge is 0.323 e. The Labute approximate surface area is 159 Å². The molecule has 1 aromatic heterocycles.